The molecule has 0 spiro atoms. The molecule has 7 heteroatoms. The second-order valence-electron chi connectivity index (χ2n) is 4.32. The van der Waals surface area contributed by atoms with Gasteiger partial charge in [-0.25, -0.2) is 0 Å². The highest BCUT2D eigenvalue weighted by atomic mass is 16.6. The van der Waals surface area contributed by atoms with Crippen molar-refractivity contribution < 1.29 is 9.72 Å². The van der Waals surface area contributed by atoms with Crippen molar-refractivity contribution in [3.05, 3.63) is 33.9 Å². The Balaban J connectivity index is 2.92. The Morgan fingerprint density at radius 2 is 2.25 bits per heavy atom. The molecule has 1 N–H and O–H groups in total. The van der Waals surface area contributed by atoms with Gasteiger partial charge in [0, 0.05) is 25.3 Å². The lowest BCUT2D eigenvalue weighted by molar-refractivity contribution is -0.385. The number of nitrogens with one attached hydrogen (secondary N) is 1. The van der Waals surface area contributed by atoms with Crippen molar-refractivity contribution in [2.75, 3.05) is 18.9 Å². The summed E-state index contributed by atoms with van der Waals surface area (Å²) in [4.78, 5) is 23.6. The average molecular weight is 276 g/mol. The first-order valence-electron chi connectivity index (χ1n) is 6.10. The Kier molecular flexibility index (Phi) is 5.03. The topological polar surface area (TPSA) is 99.3 Å². The quantitative estimate of drug-likeness (QED) is 0.652. The Hall–Kier alpha value is -2.62. The summed E-state index contributed by atoms with van der Waals surface area (Å²) in [6.07, 6.45) is 0. The first-order chi connectivity index (χ1) is 9.40. The molecule has 1 aromatic carbocycles. The largest absolute Gasteiger partial charge is 0.374 e. The third kappa shape index (κ3) is 3.45. The third-order valence-corrected chi connectivity index (χ3v) is 2.92. The minimum Gasteiger partial charge on any atom is -0.374 e. The zero-order valence-electron chi connectivity index (χ0n) is 11.6. The van der Waals surface area contributed by atoms with E-state index < -0.39 is 11.0 Å². The number of carbonyl (C=O) groups excluding carboxylic acids is 1. The van der Waals surface area contributed by atoms with E-state index in [4.69, 9.17) is 5.26 Å². The molecule has 106 valence electrons. The molecule has 0 saturated heterocycles. The first kappa shape index (κ1) is 15.4. The van der Waals surface area contributed by atoms with Crippen LogP contribution in [0.1, 0.15) is 19.4 Å². The molecule has 20 heavy (non-hydrogen) atoms. The van der Waals surface area contributed by atoms with Crippen LogP contribution in [0.5, 0.6) is 0 Å². The maximum atomic E-state index is 11.9. The second-order valence-corrected chi connectivity index (χ2v) is 4.32. The molecule has 1 unspecified atom stereocenters. The Bertz CT molecular complexity index is 565. The summed E-state index contributed by atoms with van der Waals surface area (Å²) in [6, 6.07) is 5.40. The van der Waals surface area contributed by atoms with E-state index in [9.17, 15) is 14.9 Å². The van der Waals surface area contributed by atoms with Crippen molar-refractivity contribution in [3.8, 4) is 6.07 Å². The van der Waals surface area contributed by atoms with E-state index in [0.29, 0.717) is 12.2 Å². The van der Waals surface area contributed by atoms with Crippen LogP contribution in [0.25, 0.3) is 0 Å². The van der Waals surface area contributed by atoms with Crippen molar-refractivity contribution in [1.82, 2.24) is 4.90 Å². The number of carbonyl (C=O) groups is 1. The zero-order chi connectivity index (χ0) is 15.3. The van der Waals surface area contributed by atoms with Crippen LogP contribution >= 0.6 is 0 Å². The third-order valence-electron chi connectivity index (χ3n) is 2.92. The summed E-state index contributed by atoms with van der Waals surface area (Å²) in [5.74, 6) is -0.0932. The van der Waals surface area contributed by atoms with Crippen LogP contribution in [-0.4, -0.2) is 35.4 Å². The SMILES string of the molecule is CCN(C)C(=O)C(C)Nc1ccc([N+](=O)[O-])c(C#N)c1. The minimum atomic E-state index is -0.609. The molecule has 0 aliphatic carbocycles. The molecular formula is C13H16N4O3. The van der Waals surface area contributed by atoms with Gasteiger partial charge in [-0.2, -0.15) is 5.26 Å². The number of anilines is 1. The van der Waals surface area contributed by atoms with Gasteiger partial charge >= 0.3 is 0 Å². The highest BCUT2D eigenvalue weighted by Gasteiger charge is 2.18. The van der Waals surface area contributed by atoms with Crippen molar-refractivity contribution >= 4 is 17.3 Å². The zero-order valence-corrected chi connectivity index (χ0v) is 11.6. The molecule has 1 rings (SSSR count). The average Bonchev–Trinajstić information content (AvgIpc) is 2.44. The number of benzene rings is 1. The Morgan fingerprint density at radius 1 is 1.60 bits per heavy atom. The Labute approximate surface area is 117 Å². The van der Waals surface area contributed by atoms with Gasteiger partial charge in [0.25, 0.3) is 5.69 Å². The monoisotopic (exact) mass is 276 g/mol. The molecule has 0 aliphatic rings. The summed E-state index contributed by atoms with van der Waals surface area (Å²) in [6.45, 7) is 4.15. The fraction of sp³-hybridized carbons (Fsp3) is 0.385. The van der Waals surface area contributed by atoms with E-state index in [1.54, 1.807) is 24.9 Å². The molecular weight excluding hydrogens is 260 g/mol. The molecule has 0 fully saturated rings. The lowest BCUT2D eigenvalue weighted by Crippen LogP contribution is -2.38. The van der Waals surface area contributed by atoms with Gasteiger partial charge in [0.05, 0.1) is 4.92 Å². The number of nitriles is 1. The van der Waals surface area contributed by atoms with Crippen LogP contribution in [0.2, 0.25) is 0 Å². The number of likely N-dealkylation sites (N-methyl/N-ethyl adjacent to an activating group) is 1. The molecule has 7 nitrogen and oxygen atoms in total. The van der Waals surface area contributed by atoms with Gasteiger partial charge in [0.2, 0.25) is 5.91 Å². The van der Waals surface area contributed by atoms with Gasteiger partial charge in [0.15, 0.2) is 0 Å². The van der Waals surface area contributed by atoms with E-state index in [2.05, 4.69) is 5.32 Å². The summed E-state index contributed by atoms with van der Waals surface area (Å²) < 4.78 is 0. The summed E-state index contributed by atoms with van der Waals surface area (Å²) >= 11 is 0. The molecule has 0 saturated carbocycles. The second kappa shape index (κ2) is 6.52. The normalized spacial score (nSPS) is 11.3. The number of amides is 1. The van der Waals surface area contributed by atoms with Crippen molar-refractivity contribution in [1.29, 1.82) is 5.26 Å². The maximum absolute atomic E-state index is 11.9. The van der Waals surface area contributed by atoms with Gasteiger partial charge in [0.1, 0.15) is 17.7 Å². The van der Waals surface area contributed by atoms with Gasteiger partial charge in [-0.15, -0.1) is 0 Å². The number of nitro benzene ring substituents is 1. The van der Waals surface area contributed by atoms with Crippen LogP contribution in [0.3, 0.4) is 0 Å². The van der Waals surface area contributed by atoms with Crippen molar-refractivity contribution in [2.45, 2.75) is 19.9 Å². The van der Waals surface area contributed by atoms with Crippen molar-refractivity contribution in [3.63, 3.8) is 0 Å². The van der Waals surface area contributed by atoms with Crippen LogP contribution in [0.15, 0.2) is 18.2 Å². The van der Waals surface area contributed by atoms with E-state index in [1.807, 2.05) is 6.92 Å². The molecule has 1 atom stereocenters. The van der Waals surface area contributed by atoms with Crippen LogP contribution in [-0.2, 0) is 4.79 Å². The predicted octanol–water partition coefficient (Wildman–Crippen LogP) is 1.75. The predicted molar refractivity (Wildman–Crippen MR) is 74.2 cm³/mol. The lowest BCUT2D eigenvalue weighted by atomic mass is 10.1. The number of nitro groups is 1. The number of hydrogen-bond acceptors (Lipinski definition) is 5. The molecule has 0 aromatic heterocycles. The van der Waals surface area contributed by atoms with Crippen LogP contribution in [0, 0.1) is 21.4 Å². The van der Waals surface area contributed by atoms with Crippen molar-refractivity contribution in [2.24, 2.45) is 0 Å². The fourth-order valence-electron chi connectivity index (χ4n) is 1.67. The smallest absolute Gasteiger partial charge is 0.287 e. The lowest BCUT2D eigenvalue weighted by Gasteiger charge is -2.21. The fourth-order valence-corrected chi connectivity index (χ4v) is 1.67. The van der Waals surface area contributed by atoms with Gasteiger partial charge in [-0.1, -0.05) is 0 Å². The van der Waals surface area contributed by atoms with Crippen LogP contribution in [0.4, 0.5) is 11.4 Å². The number of rotatable bonds is 5. The molecule has 0 heterocycles. The molecule has 0 radical (unpaired) electrons. The molecule has 1 amide bonds. The van der Waals surface area contributed by atoms with Gasteiger partial charge < -0.3 is 10.2 Å². The number of hydrogen-bond donors (Lipinski definition) is 1. The molecule has 1 aromatic rings. The minimum absolute atomic E-state index is 0.0384. The maximum Gasteiger partial charge on any atom is 0.287 e. The van der Waals surface area contributed by atoms with Gasteiger partial charge in [-0.05, 0) is 26.0 Å². The highest BCUT2D eigenvalue weighted by molar-refractivity contribution is 5.84. The van der Waals surface area contributed by atoms with E-state index in [1.165, 1.54) is 18.2 Å². The standard InChI is InChI=1S/C13H16N4O3/c1-4-16(3)13(18)9(2)15-11-5-6-12(17(19)20)10(7-11)8-14/h5-7,9,15H,4H2,1-3H3. The van der Waals surface area contributed by atoms with E-state index in [-0.39, 0.29) is 17.2 Å². The highest BCUT2D eigenvalue weighted by Crippen LogP contribution is 2.22. The summed E-state index contributed by atoms with van der Waals surface area (Å²) in [5, 5.41) is 22.6. The van der Waals surface area contributed by atoms with E-state index >= 15 is 0 Å². The molecule has 0 bridgehead atoms. The summed E-state index contributed by atoms with van der Waals surface area (Å²) in [7, 11) is 1.69. The summed E-state index contributed by atoms with van der Waals surface area (Å²) in [5.41, 5.74) is 0.212. The van der Waals surface area contributed by atoms with Gasteiger partial charge in [-0.3, -0.25) is 14.9 Å². The number of nitrogens with zero attached hydrogens (tertiary/aromatic N) is 3. The van der Waals surface area contributed by atoms with Crippen LogP contribution < -0.4 is 5.32 Å². The Morgan fingerprint density at radius 3 is 2.75 bits per heavy atom. The van der Waals surface area contributed by atoms with E-state index in [0.717, 1.165) is 0 Å². The first-order valence-corrected chi connectivity index (χ1v) is 6.10. The molecule has 0 aliphatic heterocycles.